The lowest BCUT2D eigenvalue weighted by molar-refractivity contribution is 1.73. The highest BCUT2D eigenvalue weighted by Crippen LogP contribution is 2.47. The van der Waals surface area contributed by atoms with Crippen LogP contribution >= 0.6 is 31.9 Å². The topological polar surface area (TPSA) is 0 Å². The van der Waals surface area contributed by atoms with E-state index in [0.717, 1.165) is 8.95 Å². The Morgan fingerprint density at radius 2 is 0.688 bits per heavy atom. The summed E-state index contributed by atoms with van der Waals surface area (Å²) in [7, 11) is 0. The van der Waals surface area contributed by atoms with E-state index in [1.165, 1.54) is 64.6 Å². The molecule has 0 N–H and O–H groups in total. The van der Waals surface area contributed by atoms with Gasteiger partial charge in [-0.25, -0.2) is 0 Å². The minimum atomic E-state index is 1.11. The first-order valence-corrected chi connectivity index (χ1v) is 12.3. The third-order valence-corrected chi connectivity index (χ3v) is 8.92. The molecule has 0 unspecified atom stereocenters. The number of benzene rings is 7. The Hall–Kier alpha value is -2.94. The van der Waals surface area contributed by atoms with Gasteiger partial charge in [0.25, 0.3) is 0 Å². The van der Waals surface area contributed by atoms with E-state index < -0.39 is 0 Å². The third-order valence-electron chi connectivity index (χ3n) is 6.74. The summed E-state index contributed by atoms with van der Waals surface area (Å²) in [6.45, 7) is 0. The van der Waals surface area contributed by atoms with Gasteiger partial charge in [0.05, 0.1) is 0 Å². The van der Waals surface area contributed by atoms with Crippen molar-refractivity contribution in [2.45, 2.75) is 0 Å². The molecule has 2 heteroatoms. The Morgan fingerprint density at radius 1 is 0.312 bits per heavy atom. The maximum atomic E-state index is 3.92. The van der Waals surface area contributed by atoms with Crippen LogP contribution in [0.5, 0.6) is 0 Å². The summed E-state index contributed by atoms with van der Waals surface area (Å²) >= 11 is 7.84. The molecule has 0 radical (unpaired) electrons. The molecule has 0 aliphatic carbocycles. The lowest BCUT2D eigenvalue weighted by Gasteiger charge is -2.17. The maximum Gasteiger partial charge on any atom is 0.0402 e. The van der Waals surface area contributed by atoms with Gasteiger partial charge in [-0.2, -0.15) is 0 Å². The standard InChI is InChI=1S/C30H16Br2/c31-29-23-15-13-19-11-9-17-5-1-3-7-21(17)25(19)27(23)28-24(30(29)32)16-14-20-12-10-18-6-2-4-8-22(18)26(20)28/h1-16H. The number of hydrogen-bond donors (Lipinski definition) is 0. The molecule has 7 rings (SSSR count). The van der Waals surface area contributed by atoms with Gasteiger partial charge >= 0.3 is 0 Å². The van der Waals surface area contributed by atoms with Crippen molar-refractivity contribution in [2.24, 2.45) is 0 Å². The molecule has 0 atom stereocenters. The predicted molar refractivity (Wildman–Crippen MR) is 147 cm³/mol. The zero-order valence-electron chi connectivity index (χ0n) is 17.0. The second-order valence-electron chi connectivity index (χ2n) is 8.37. The molecule has 32 heavy (non-hydrogen) atoms. The lowest BCUT2D eigenvalue weighted by Crippen LogP contribution is -1.89. The van der Waals surface area contributed by atoms with Crippen molar-refractivity contribution in [3.8, 4) is 0 Å². The quantitative estimate of drug-likeness (QED) is 0.169. The first-order valence-electron chi connectivity index (χ1n) is 10.7. The van der Waals surface area contributed by atoms with Gasteiger partial charge in [0.15, 0.2) is 0 Å². The first kappa shape index (κ1) is 18.6. The second-order valence-corrected chi connectivity index (χ2v) is 9.96. The van der Waals surface area contributed by atoms with E-state index in [1.54, 1.807) is 0 Å². The van der Waals surface area contributed by atoms with Crippen LogP contribution in [0, 0.1) is 0 Å². The molecule has 0 heterocycles. The van der Waals surface area contributed by atoms with Gasteiger partial charge in [0.1, 0.15) is 0 Å². The van der Waals surface area contributed by atoms with E-state index in [-0.39, 0.29) is 0 Å². The molecule has 0 fully saturated rings. The summed E-state index contributed by atoms with van der Waals surface area (Å²) in [5, 5.41) is 15.4. The fraction of sp³-hybridized carbons (Fsp3) is 0. The van der Waals surface area contributed by atoms with Gasteiger partial charge in [0.2, 0.25) is 0 Å². The highest BCUT2D eigenvalue weighted by molar-refractivity contribution is 9.13. The van der Waals surface area contributed by atoms with Crippen LogP contribution in [-0.2, 0) is 0 Å². The van der Waals surface area contributed by atoms with Gasteiger partial charge < -0.3 is 0 Å². The van der Waals surface area contributed by atoms with Crippen molar-refractivity contribution in [1.82, 2.24) is 0 Å². The Balaban J connectivity index is 1.93. The van der Waals surface area contributed by atoms with Gasteiger partial charge in [-0.05, 0) is 96.5 Å². The van der Waals surface area contributed by atoms with Crippen LogP contribution in [0.3, 0.4) is 0 Å². The van der Waals surface area contributed by atoms with Crippen LogP contribution in [0.15, 0.2) is 106 Å². The van der Waals surface area contributed by atoms with Crippen LogP contribution in [0.25, 0.3) is 64.6 Å². The fourth-order valence-electron chi connectivity index (χ4n) is 5.32. The molecule has 0 saturated heterocycles. The summed E-state index contributed by atoms with van der Waals surface area (Å²) in [5.74, 6) is 0. The number of halogens is 2. The van der Waals surface area contributed by atoms with E-state index in [2.05, 4.69) is 129 Å². The third kappa shape index (κ3) is 2.42. The van der Waals surface area contributed by atoms with Gasteiger partial charge in [-0.15, -0.1) is 0 Å². The molecular weight excluding hydrogens is 520 g/mol. The van der Waals surface area contributed by atoms with Gasteiger partial charge in [0, 0.05) is 8.95 Å². The molecule has 0 bridgehead atoms. The average molecular weight is 536 g/mol. The summed E-state index contributed by atoms with van der Waals surface area (Å²) in [5.41, 5.74) is 0. The second kappa shape index (κ2) is 6.78. The largest absolute Gasteiger partial charge is 0.0616 e. The monoisotopic (exact) mass is 534 g/mol. The molecule has 0 spiro atoms. The zero-order valence-corrected chi connectivity index (χ0v) is 20.2. The van der Waals surface area contributed by atoms with Crippen LogP contribution < -0.4 is 0 Å². The highest BCUT2D eigenvalue weighted by Gasteiger charge is 2.18. The molecule has 0 amide bonds. The van der Waals surface area contributed by atoms with Crippen molar-refractivity contribution in [3.63, 3.8) is 0 Å². The smallest absolute Gasteiger partial charge is 0.0402 e. The average Bonchev–Trinajstić information content (AvgIpc) is 2.85. The Morgan fingerprint density at radius 3 is 1.16 bits per heavy atom. The van der Waals surface area contributed by atoms with E-state index >= 15 is 0 Å². The molecule has 0 nitrogen and oxygen atoms in total. The normalized spacial score (nSPS) is 12.1. The summed E-state index contributed by atoms with van der Waals surface area (Å²) in [6, 6.07) is 35.4. The zero-order chi connectivity index (χ0) is 21.4. The molecule has 150 valence electrons. The Kier molecular flexibility index (Phi) is 3.94. The van der Waals surface area contributed by atoms with Crippen molar-refractivity contribution in [2.75, 3.05) is 0 Å². The summed E-state index contributed by atoms with van der Waals surface area (Å²) in [6.07, 6.45) is 0. The number of rotatable bonds is 0. The molecule has 7 aromatic carbocycles. The SMILES string of the molecule is Brc1c(Br)c2ccc3ccc4ccccc4c3c2c2c1ccc1ccc3ccccc3c12. The molecule has 0 saturated carbocycles. The molecule has 0 aliphatic rings. The van der Waals surface area contributed by atoms with Crippen LogP contribution in [0.1, 0.15) is 0 Å². The molecule has 0 aromatic heterocycles. The number of fused-ring (bicyclic) bond motifs is 11. The summed E-state index contributed by atoms with van der Waals surface area (Å²) < 4.78 is 2.21. The van der Waals surface area contributed by atoms with Crippen molar-refractivity contribution >= 4 is 96.5 Å². The highest BCUT2D eigenvalue weighted by atomic mass is 79.9. The van der Waals surface area contributed by atoms with Crippen LogP contribution in [-0.4, -0.2) is 0 Å². The predicted octanol–water partition coefficient (Wildman–Crippen LogP) is 10.1. The van der Waals surface area contributed by atoms with Crippen molar-refractivity contribution in [1.29, 1.82) is 0 Å². The Labute approximate surface area is 201 Å². The van der Waals surface area contributed by atoms with E-state index in [4.69, 9.17) is 0 Å². The van der Waals surface area contributed by atoms with Gasteiger partial charge in [-0.3, -0.25) is 0 Å². The number of hydrogen-bond acceptors (Lipinski definition) is 0. The molecular formula is C30H16Br2. The van der Waals surface area contributed by atoms with Gasteiger partial charge in [-0.1, -0.05) is 97.1 Å². The van der Waals surface area contributed by atoms with Crippen LogP contribution in [0.2, 0.25) is 0 Å². The van der Waals surface area contributed by atoms with Crippen molar-refractivity contribution in [3.05, 3.63) is 106 Å². The molecule has 7 aromatic rings. The van der Waals surface area contributed by atoms with E-state index in [0.29, 0.717) is 0 Å². The first-order chi connectivity index (χ1) is 15.7. The summed E-state index contributed by atoms with van der Waals surface area (Å²) in [4.78, 5) is 0. The minimum Gasteiger partial charge on any atom is -0.0616 e. The molecule has 0 aliphatic heterocycles. The van der Waals surface area contributed by atoms with Crippen LogP contribution in [0.4, 0.5) is 0 Å². The minimum absolute atomic E-state index is 1.11. The Bertz CT molecular complexity index is 1760. The maximum absolute atomic E-state index is 3.92. The lowest BCUT2D eigenvalue weighted by atomic mass is 9.89. The van der Waals surface area contributed by atoms with Crippen molar-refractivity contribution < 1.29 is 0 Å². The van der Waals surface area contributed by atoms with E-state index in [1.807, 2.05) is 0 Å². The fourth-order valence-corrected chi connectivity index (χ4v) is 6.40. The van der Waals surface area contributed by atoms with E-state index in [9.17, 15) is 0 Å².